The van der Waals surface area contributed by atoms with E-state index in [1.165, 1.54) is 18.3 Å². The summed E-state index contributed by atoms with van der Waals surface area (Å²) in [5.74, 6) is -0.302. The predicted molar refractivity (Wildman–Crippen MR) is 77.9 cm³/mol. The highest BCUT2D eigenvalue weighted by Gasteiger charge is 2.13. The number of benzene rings is 1. The molecule has 0 amide bonds. The van der Waals surface area contributed by atoms with Gasteiger partial charge in [-0.2, -0.15) is 0 Å². The van der Waals surface area contributed by atoms with Crippen LogP contribution in [0.25, 0.3) is 0 Å². The van der Waals surface area contributed by atoms with Crippen molar-refractivity contribution in [2.45, 2.75) is 20.8 Å². The molecule has 2 aromatic rings. The second-order valence-corrected chi connectivity index (χ2v) is 3.79. The number of non-ortho nitro benzene ring substituents is 1. The second kappa shape index (κ2) is 7.18. The van der Waals surface area contributed by atoms with E-state index < -0.39 is 10.7 Å². The van der Waals surface area contributed by atoms with Gasteiger partial charge in [0.2, 0.25) is 0 Å². The fourth-order valence-electron chi connectivity index (χ4n) is 1.45. The van der Waals surface area contributed by atoms with Gasteiger partial charge >= 0.3 is 0 Å². The van der Waals surface area contributed by atoms with Crippen LogP contribution in [0.4, 0.5) is 15.9 Å². The van der Waals surface area contributed by atoms with Crippen LogP contribution in [-0.4, -0.2) is 9.91 Å². The van der Waals surface area contributed by atoms with Crippen molar-refractivity contribution in [1.29, 1.82) is 0 Å². The first kappa shape index (κ1) is 16.4. The molecule has 0 aliphatic heterocycles. The maximum absolute atomic E-state index is 13.7. The number of nitro benzene ring substituents is 1. The Morgan fingerprint density at radius 2 is 1.95 bits per heavy atom. The summed E-state index contributed by atoms with van der Waals surface area (Å²) in [4.78, 5) is 13.7. The van der Waals surface area contributed by atoms with E-state index in [0.29, 0.717) is 11.3 Å². The van der Waals surface area contributed by atoms with Gasteiger partial charge in [0, 0.05) is 17.8 Å². The normalized spacial score (nSPS) is 9.52. The Kier molecular flexibility index (Phi) is 5.59. The maximum atomic E-state index is 13.7. The average molecular weight is 293 g/mol. The van der Waals surface area contributed by atoms with Crippen molar-refractivity contribution in [1.82, 2.24) is 4.98 Å². The number of nitrogen functional groups attached to an aromatic ring is 1. The van der Waals surface area contributed by atoms with Crippen LogP contribution in [0.3, 0.4) is 0 Å². The van der Waals surface area contributed by atoms with Crippen LogP contribution in [0.1, 0.15) is 19.4 Å². The second-order valence-electron chi connectivity index (χ2n) is 3.79. The Morgan fingerprint density at radius 1 is 1.29 bits per heavy atom. The van der Waals surface area contributed by atoms with E-state index in [4.69, 9.17) is 10.5 Å². The molecule has 0 unspecified atom stereocenters. The Balaban J connectivity index is 0.00000106. The number of pyridine rings is 1. The molecule has 2 N–H and O–H groups in total. The smallest absolute Gasteiger partial charge is 0.272 e. The van der Waals surface area contributed by atoms with Gasteiger partial charge in [-0.25, -0.2) is 9.37 Å². The molecule has 21 heavy (non-hydrogen) atoms. The lowest BCUT2D eigenvalue weighted by atomic mass is 10.2. The minimum Gasteiger partial charge on any atom is -0.454 e. The highest BCUT2D eigenvalue weighted by Crippen LogP contribution is 2.30. The molecule has 0 aliphatic rings. The predicted octanol–water partition coefficient (Wildman–Crippen LogP) is 3.84. The van der Waals surface area contributed by atoms with E-state index in [2.05, 4.69) is 4.98 Å². The molecule has 1 heterocycles. The van der Waals surface area contributed by atoms with E-state index in [-0.39, 0.29) is 17.3 Å². The van der Waals surface area contributed by atoms with Gasteiger partial charge in [-0.05, 0) is 19.1 Å². The molecule has 0 radical (unpaired) electrons. The highest BCUT2D eigenvalue weighted by molar-refractivity contribution is 5.49. The molecule has 6 nitrogen and oxygen atoms in total. The SMILES string of the molecule is CC.Cc1c(Oc2ccc([N+](=O)[O-])cc2F)ccnc1N. The Bertz CT molecular complexity index is 647. The number of hydrogen-bond donors (Lipinski definition) is 1. The molecule has 2 rings (SSSR count). The summed E-state index contributed by atoms with van der Waals surface area (Å²) >= 11 is 0. The first-order chi connectivity index (χ1) is 9.99. The molecule has 0 saturated heterocycles. The van der Waals surface area contributed by atoms with Gasteiger partial charge in [0.25, 0.3) is 5.69 Å². The zero-order valence-electron chi connectivity index (χ0n) is 12.0. The summed E-state index contributed by atoms with van der Waals surface area (Å²) in [5, 5.41) is 10.5. The van der Waals surface area contributed by atoms with Gasteiger partial charge in [0.1, 0.15) is 11.6 Å². The number of rotatable bonds is 3. The van der Waals surface area contributed by atoms with Crippen molar-refractivity contribution in [3.05, 3.63) is 52.0 Å². The monoisotopic (exact) mass is 293 g/mol. The zero-order chi connectivity index (χ0) is 16.0. The fraction of sp³-hybridized carbons (Fsp3) is 0.214. The van der Waals surface area contributed by atoms with Gasteiger partial charge in [-0.3, -0.25) is 10.1 Å². The zero-order valence-corrected chi connectivity index (χ0v) is 12.0. The third-order valence-electron chi connectivity index (χ3n) is 2.54. The number of nitrogens with two attached hydrogens (primary N) is 1. The molecule has 112 valence electrons. The maximum Gasteiger partial charge on any atom is 0.272 e. The molecule has 1 aromatic heterocycles. The quantitative estimate of drug-likeness (QED) is 0.685. The molecule has 0 saturated carbocycles. The Morgan fingerprint density at radius 3 is 2.52 bits per heavy atom. The van der Waals surface area contributed by atoms with Crippen LogP contribution < -0.4 is 10.5 Å². The Hall–Kier alpha value is -2.70. The van der Waals surface area contributed by atoms with E-state index in [9.17, 15) is 14.5 Å². The van der Waals surface area contributed by atoms with Crippen LogP contribution in [0.5, 0.6) is 11.5 Å². The van der Waals surface area contributed by atoms with Crippen molar-refractivity contribution in [3.8, 4) is 11.5 Å². The molecule has 0 aliphatic carbocycles. The van der Waals surface area contributed by atoms with Crippen molar-refractivity contribution < 1.29 is 14.1 Å². The first-order valence-corrected chi connectivity index (χ1v) is 6.32. The first-order valence-electron chi connectivity index (χ1n) is 6.32. The molecule has 0 bridgehead atoms. The molecular weight excluding hydrogens is 277 g/mol. The van der Waals surface area contributed by atoms with Crippen molar-refractivity contribution in [2.24, 2.45) is 0 Å². The van der Waals surface area contributed by atoms with Crippen LogP contribution in [-0.2, 0) is 0 Å². The number of halogens is 1. The standard InChI is InChI=1S/C12H10FN3O3.C2H6/c1-7-10(4-5-15-12(7)14)19-11-3-2-8(16(17)18)6-9(11)13;1-2/h2-6H,1H3,(H2,14,15);1-2H3. The van der Waals surface area contributed by atoms with Gasteiger partial charge in [-0.1, -0.05) is 13.8 Å². The van der Waals surface area contributed by atoms with Crippen LogP contribution in [0.2, 0.25) is 0 Å². The summed E-state index contributed by atoms with van der Waals surface area (Å²) in [7, 11) is 0. The average Bonchev–Trinajstić information content (AvgIpc) is 2.47. The molecule has 0 spiro atoms. The summed E-state index contributed by atoms with van der Waals surface area (Å²) < 4.78 is 19.0. The number of nitro groups is 1. The minimum absolute atomic E-state index is 0.112. The van der Waals surface area contributed by atoms with Crippen LogP contribution in [0, 0.1) is 22.9 Å². The van der Waals surface area contributed by atoms with E-state index >= 15 is 0 Å². The number of nitrogens with zero attached hydrogens (tertiary/aromatic N) is 2. The van der Waals surface area contributed by atoms with E-state index in [1.54, 1.807) is 6.92 Å². The van der Waals surface area contributed by atoms with Crippen LogP contribution in [0.15, 0.2) is 30.5 Å². The molecule has 7 heteroatoms. The number of ether oxygens (including phenoxy) is 1. The number of aromatic nitrogens is 1. The van der Waals surface area contributed by atoms with Crippen molar-refractivity contribution in [2.75, 3.05) is 5.73 Å². The molecular formula is C14H16FN3O3. The lowest BCUT2D eigenvalue weighted by Crippen LogP contribution is -1.97. The van der Waals surface area contributed by atoms with Crippen molar-refractivity contribution in [3.63, 3.8) is 0 Å². The summed E-state index contributed by atoms with van der Waals surface area (Å²) in [6, 6.07) is 4.70. The minimum atomic E-state index is -0.816. The van der Waals surface area contributed by atoms with E-state index in [0.717, 1.165) is 12.1 Å². The molecule has 1 aromatic carbocycles. The lowest BCUT2D eigenvalue weighted by Gasteiger charge is -2.10. The third kappa shape index (κ3) is 3.88. The Labute approximate surface area is 121 Å². The number of anilines is 1. The van der Waals surface area contributed by atoms with Crippen LogP contribution >= 0.6 is 0 Å². The van der Waals surface area contributed by atoms with Gasteiger partial charge < -0.3 is 10.5 Å². The van der Waals surface area contributed by atoms with Crippen molar-refractivity contribution >= 4 is 11.5 Å². The summed E-state index contributed by atoms with van der Waals surface area (Å²) in [6.45, 7) is 5.68. The van der Waals surface area contributed by atoms with Gasteiger partial charge in [0.15, 0.2) is 11.6 Å². The summed E-state index contributed by atoms with van der Waals surface area (Å²) in [5.41, 5.74) is 5.83. The van der Waals surface area contributed by atoms with E-state index in [1.807, 2.05) is 13.8 Å². The third-order valence-corrected chi connectivity index (χ3v) is 2.54. The van der Waals surface area contributed by atoms with Gasteiger partial charge in [0.05, 0.1) is 11.0 Å². The highest BCUT2D eigenvalue weighted by atomic mass is 19.1. The summed E-state index contributed by atoms with van der Waals surface area (Å²) in [6.07, 6.45) is 1.43. The van der Waals surface area contributed by atoms with Gasteiger partial charge in [-0.15, -0.1) is 0 Å². The number of hydrogen-bond acceptors (Lipinski definition) is 5. The molecule has 0 fully saturated rings. The fourth-order valence-corrected chi connectivity index (χ4v) is 1.45. The lowest BCUT2D eigenvalue weighted by molar-refractivity contribution is -0.385. The topological polar surface area (TPSA) is 91.3 Å². The molecule has 0 atom stereocenters. The largest absolute Gasteiger partial charge is 0.454 e.